The molecule has 2 atom stereocenters. The van der Waals surface area contributed by atoms with Gasteiger partial charge < -0.3 is 14.8 Å². The monoisotopic (exact) mass is 340 g/mol. The van der Waals surface area contributed by atoms with Crippen LogP contribution in [0.1, 0.15) is 45.9 Å². The first-order valence-corrected chi connectivity index (χ1v) is 9.17. The number of urea groups is 1. The Labute approximate surface area is 149 Å². The highest BCUT2D eigenvalue weighted by Crippen LogP contribution is 2.52. The van der Waals surface area contributed by atoms with Crippen LogP contribution in [-0.4, -0.2) is 33.1 Å². The van der Waals surface area contributed by atoms with Crippen LogP contribution in [0.25, 0.3) is 11.0 Å². The van der Waals surface area contributed by atoms with Crippen LogP contribution in [0.15, 0.2) is 18.2 Å². The fourth-order valence-corrected chi connectivity index (χ4v) is 5.29. The minimum absolute atomic E-state index is 0.0263. The fourth-order valence-electron chi connectivity index (χ4n) is 5.29. The molecule has 4 rings (SSSR count). The molecular weight excluding hydrogens is 312 g/mol. The second kappa shape index (κ2) is 5.23. The minimum Gasteiger partial charge on any atom is -0.331 e. The molecule has 2 heterocycles. The average Bonchev–Trinajstić information content (AvgIpc) is 2.91. The van der Waals surface area contributed by atoms with Crippen molar-refractivity contribution in [3.05, 3.63) is 24.0 Å². The van der Waals surface area contributed by atoms with Gasteiger partial charge in [-0.15, -0.1) is 0 Å². The summed E-state index contributed by atoms with van der Waals surface area (Å²) in [4.78, 5) is 19.5. The van der Waals surface area contributed by atoms with Gasteiger partial charge in [-0.05, 0) is 55.2 Å². The number of amides is 2. The van der Waals surface area contributed by atoms with E-state index in [0.717, 1.165) is 41.9 Å². The Morgan fingerprint density at radius 3 is 2.80 bits per heavy atom. The zero-order chi connectivity index (χ0) is 18.0. The van der Waals surface area contributed by atoms with E-state index in [2.05, 4.69) is 40.5 Å². The molecule has 5 nitrogen and oxygen atoms in total. The molecule has 5 heteroatoms. The highest BCUT2D eigenvalue weighted by atomic mass is 16.2. The molecule has 0 radical (unpaired) electrons. The van der Waals surface area contributed by atoms with Crippen molar-refractivity contribution in [2.24, 2.45) is 17.9 Å². The van der Waals surface area contributed by atoms with Crippen LogP contribution in [0.5, 0.6) is 0 Å². The number of fused-ring (bicyclic) bond motifs is 3. The van der Waals surface area contributed by atoms with Crippen LogP contribution in [0.3, 0.4) is 0 Å². The number of rotatable bonds is 1. The first-order valence-electron chi connectivity index (χ1n) is 9.17. The Morgan fingerprint density at radius 2 is 2.04 bits per heavy atom. The number of nitrogens with one attached hydrogen (secondary N) is 1. The minimum atomic E-state index is 0.0263. The molecule has 1 aliphatic carbocycles. The number of likely N-dealkylation sites (tertiary alicyclic amines) is 1. The van der Waals surface area contributed by atoms with Crippen molar-refractivity contribution in [3.63, 3.8) is 0 Å². The highest BCUT2D eigenvalue weighted by molar-refractivity contribution is 5.92. The molecule has 0 unspecified atom stereocenters. The third-order valence-electron chi connectivity index (χ3n) is 6.03. The van der Waals surface area contributed by atoms with Gasteiger partial charge in [0, 0.05) is 25.3 Å². The zero-order valence-electron chi connectivity index (χ0n) is 15.9. The molecule has 1 saturated heterocycles. The summed E-state index contributed by atoms with van der Waals surface area (Å²) in [7, 11) is 2.01. The lowest BCUT2D eigenvalue weighted by Crippen LogP contribution is -2.40. The summed E-state index contributed by atoms with van der Waals surface area (Å²) in [5.74, 6) is 0.974. The highest BCUT2D eigenvalue weighted by Gasteiger charge is 2.51. The lowest BCUT2D eigenvalue weighted by Gasteiger charge is -2.39. The molecule has 2 aliphatic rings. The molecular formula is C20H28N4O. The van der Waals surface area contributed by atoms with Crippen LogP contribution >= 0.6 is 0 Å². The summed E-state index contributed by atoms with van der Waals surface area (Å²) in [6.07, 6.45) is 3.41. The third kappa shape index (κ3) is 2.79. The van der Waals surface area contributed by atoms with E-state index in [-0.39, 0.29) is 11.4 Å². The number of carbonyl (C=O) groups is 1. The van der Waals surface area contributed by atoms with Gasteiger partial charge in [0.15, 0.2) is 0 Å². The Bertz CT molecular complexity index is 853. The van der Waals surface area contributed by atoms with E-state index in [1.807, 2.05) is 32.2 Å². The van der Waals surface area contributed by atoms with Gasteiger partial charge in [0.2, 0.25) is 0 Å². The molecule has 1 saturated carbocycles. The van der Waals surface area contributed by atoms with Crippen LogP contribution in [0.2, 0.25) is 0 Å². The van der Waals surface area contributed by atoms with Gasteiger partial charge in [0.25, 0.3) is 0 Å². The van der Waals surface area contributed by atoms with E-state index in [1.165, 1.54) is 6.42 Å². The van der Waals surface area contributed by atoms with Crippen LogP contribution in [-0.2, 0) is 7.05 Å². The second-order valence-electron chi connectivity index (χ2n) is 9.19. The van der Waals surface area contributed by atoms with Crippen molar-refractivity contribution in [1.29, 1.82) is 0 Å². The summed E-state index contributed by atoms with van der Waals surface area (Å²) >= 11 is 0. The van der Waals surface area contributed by atoms with Gasteiger partial charge in [-0.25, -0.2) is 9.78 Å². The van der Waals surface area contributed by atoms with Gasteiger partial charge >= 0.3 is 6.03 Å². The van der Waals surface area contributed by atoms with Gasteiger partial charge in [-0.3, -0.25) is 0 Å². The molecule has 1 aromatic heterocycles. The lowest BCUT2D eigenvalue weighted by molar-refractivity contribution is 0.130. The smallest absolute Gasteiger partial charge is 0.322 e. The summed E-state index contributed by atoms with van der Waals surface area (Å²) < 4.78 is 2.06. The number of aromatic nitrogens is 2. The fraction of sp³-hybridized carbons (Fsp3) is 0.600. The summed E-state index contributed by atoms with van der Waals surface area (Å²) in [6.45, 7) is 9.84. The van der Waals surface area contributed by atoms with Crippen molar-refractivity contribution in [1.82, 2.24) is 14.5 Å². The maximum atomic E-state index is 12.9. The Morgan fingerprint density at radius 1 is 1.28 bits per heavy atom. The Balaban J connectivity index is 1.55. The zero-order valence-corrected chi connectivity index (χ0v) is 15.9. The molecule has 2 amide bonds. The van der Waals surface area contributed by atoms with E-state index in [0.29, 0.717) is 11.5 Å². The topological polar surface area (TPSA) is 50.2 Å². The number of aryl methyl sites for hydroxylation is 2. The van der Waals surface area contributed by atoms with Crippen molar-refractivity contribution in [3.8, 4) is 0 Å². The first-order chi connectivity index (χ1) is 11.7. The van der Waals surface area contributed by atoms with Crippen molar-refractivity contribution in [2.45, 2.75) is 53.0 Å². The van der Waals surface area contributed by atoms with E-state index >= 15 is 0 Å². The first kappa shape index (κ1) is 16.4. The molecule has 25 heavy (non-hydrogen) atoms. The van der Waals surface area contributed by atoms with Crippen molar-refractivity contribution in [2.75, 3.05) is 11.9 Å². The molecule has 0 spiro atoms. The van der Waals surface area contributed by atoms with Crippen molar-refractivity contribution >= 4 is 22.8 Å². The Kier molecular flexibility index (Phi) is 3.44. The lowest BCUT2D eigenvalue weighted by atomic mass is 9.65. The second-order valence-corrected chi connectivity index (χ2v) is 9.19. The predicted octanol–water partition coefficient (Wildman–Crippen LogP) is 4.31. The summed E-state index contributed by atoms with van der Waals surface area (Å²) in [5, 5.41) is 3.10. The number of hydrogen-bond acceptors (Lipinski definition) is 2. The number of nitrogens with zero attached hydrogens (tertiary/aromatic N) is 3. The van der Waals surface area contributed by atoms with Crippen LogP contribution < -0.4 is 5.32 Å². The summed E-state index contributed by atoms with van der Waals surface area (Å²) in [5.41, 5.74) is 3.40. The summed E-state index contributed by atoms with van der Waals surface area (Å²) in [6, 6.07) is 6.34. The van der Waals surface area contributed by atoms with E-state index in [1.54, 1.807) is 0 Å². The normalized spacial score (nSPS) is 27.7. The number of benzene rings is 1. The van der Waals surface area contributed by atoms with Crippen LogP contribution in [0, 0.1) is 17.8 Å². The van der Waals surface area contributed by atoms with Crippen LogP contribution in [0.4, 0.5) is 10.5 Å². The van der Waals surface area contributed by atoms with Gasteiger partial charge in [-0.1, -0.05) is 20.8 Å². The number of imidazole rings is 1. The molecule has 1 aliphatic heterocycles. The van der Waals surface area contributed by atoms with Crippen molar-refractivity contribution < 1.29 is 4.79 Å². The Hall–Kier alpha value is -2.04. The van der Waals surface area contributed by atoms with Gasteiger partial charge in [0.1, 0.15) is 5.82 Å². The van der Waals surface area contributed by atoms with E-state index in [9.17, 15) is 4.79 Å². The van der Waals surface area contributed by atoms with E-state index < -0.39 is 0 Å². The maximum Gasteiger partial charge on any atom is 0.322 e. The molecule has 134 valence electrons. The molecule has 1 aromatic carbocycles. The predicted molar refractivity (Wildman–Crippen MR) is 101 cm³/mol. The maximum absolute atomic E-state index is 12.9. The largest absolute Gasteiger partial charge is 0.331 e. The molecule has 1 N–H and O–H groups in total. The van der Waals surface area contributed by atoms with Gasteiger partial charge in [0.05, 0.1) is 11.0 Å². The molecule has 2 bridgehead atoms. The molecule has 2 aromatic rings. The number of carbonyl (C=O) groups excluding carboxylic acids is 1. The quantitative estimate of drug-likeness (QED) is 0.841. The SMILES string of the molecule is Cc1nc2cc(NC(=O)N3C[C@@]4(C)C[C@H]3CC(C)(C)C4)ccc2n1C. The third-order valence-corrected chi connectivity index (χ3v) is 6.03. The van der Waals surface area contributed by atoms with Gasteiger partial charge in [-0.2, -0.15) is 0 Å². The average molecular weight is 340 g/mol. The number of hydrogen-bond donors (Lipinski definition) is 1. The van der Waals surface area contributed by atoms with E-state index in [4.69, 9.17) is 0 Å². The molecule has 2 fully saturated rings. The number of anilines is 1. The standard InChI is InChI=1S/C20H28N4O/c1-13-21-16-8-14(6-7-17(16)23(13)5)22-18(25)24-12-20(4)10-15(24)9-19(2,3)11-20/h6-8,15H,9-12H2,1-5H3,(H,22,25)/t15-,20+/m1/s1.